The molecule has 31 heavy (non-hydrogen) atoms. The second-order valence-electron chi connectivity index (χ2n) is 8.30. The number of nitrogens with one attached hydrogen (secondary N) is 1. The van der Waals surface area contributed by atoms with Gasteiger partial charge >= 0.3 is 0 Å². The number of aromatic nitrogens is 3. The number of fused-ring (bicyclic) bond motifs is 1. The third kappa shape index (κ3) is 3.61. The van der Waals surface area contributed by atoms with E-state index in [9.17, 15) is 14.4 Å². The number of carbonyl (C=O) groups excluding carboxylic acids is 3. The summed E-state index contributed by atoms with van der Waals surface area (Å²) in [6.07, 6.45) is 4.18. The lowest BCUT2D eigenvalue weighted by Gasteiger charge is -2.29. The first-order valence-electron chi connectivity index (χ1n) is 10.5. The summed E-state index contributed by atoms with van der Waals surface area (Å²) in [5, 5.41) is 10.8. The molecule has 10 heteroatoms. The zero-order valence-electron chi connectivity index (χ0n) is 17.0. The second-order valence-corrected chi connectivity index (χ2v) is 8.30. The Balaban J connectivity index is 1.35. The minimum Gasteiger partial charge on any atom is -0.381 e. The topological polar surface area (TPSA) is 132 Å². The molecule has 3 aliphatic rings. The van der Waals surface area contributed by atoms with Crippen LogP contribution >= 0.6 is 0 Å². The van der Waals surface area contributed by atoms with E-state index in [-0.39, 0.29) is 24.3 Å². The molecule has 0 saturated carbocycles. The molecule has 0 bridgehead atoms. The Morgan fingerprint density at radius 2 is 1.97 bits per heavy atom. The van der Waals surface area contributed by atoms with E-state index in [2.05, 4.69) is 15.6 Å². The van der Waals surface area contributed by atoms with E-state index in [1.54, 1.807) is 16.9 Å². The number of hydrogen-bond acceptors (Lipinski definition) is 7. The minimum atomic E-state index is -0.628. The lowest BCUT2D eigenvalue weighted by molar-refractivity contribution is -0.136. The van der Waals surface area contributed by atoms with E-state index in [1.165, 1.54) is 4.90 Å². The van der Waals surface area contributed by atoms with E-state index in [0.717, 1.165) is 18.4 Å². The number of benzene rings is 1. The van der Waals surface area contributed by atoms with Crippen molar-refractivity contribution in [3.63, 3.8) is 0 Å². The maximum absolute atomic E-state index is 13.0. The molecule has 3 N–H and O–H groups in total. The van der Waals surface area contributed by atoms with Crippen LogP contribution in [0.3, 0.4) is 0 Å². The van der Waals surface area contributed by atoms with E-state index in [4.69, 9.17) is 10.5 Å². The van der Waals surface area contributed by atoms with Gasteiger partial charge in [-0.15, -0.1) is 5.10 Å². The van der Waals surface area contributed by atoms with E-state index in [0.29, 0.717) is 49.0 Å². The van der Waals surface area contributed by atoms with Gasteiger partial charge in [-0.25, -0.2) is 4.68 Å². The summed E-state index contributed by atoms with van der Waals surface area (Å²) in [7, 11) is 0. The van der Waals surface area contributed by atoms with Crippen LogP contribution in [0.5, 0.6) is 0 Å². The SMILES string of the molecule is NC(c1cn(-c2ccc3c(c2)C(=O)N(C2CCC(=O)NC2=O)C3)nn1)C1CCOCC1. The number of ether oxygens (including phenoxy) is 1. The van der Waals surface area contributed by atoms with Crippen molar-refractivity contribution in [2.24, 2.45) is 11.7 Å². The Kier molecular flexibility index (Phi) is 5.03. The average molecular weight is 424 g/mol. The van der Waals surface area contributed by atoms with Crippen LogP contribution in [0.1, 0.15) is 53.3 Å². The molecule has 0 radical (unpaired) electrons. The highest BCUT2D eigenvalue weighted by Crippen LogP contribution is 2.30. The molecular weight excluding hydrogens is 400 g/mol. The fourth-order valence-corrected chi connectivity index (χ4v) is 4.56. The first kappa shape index (κ1) is 19.8. The summed E-state index contributed by atoms with van der Waals surface area (Å²) in [5.74, 6) is -0.623. The van der Waals surface area contributed by atoms with Gasteiger partial charge in [0.2, 0.25) is 11.8 Å². The molecule has 0 spiro atoms. The molecule has 2 fully saturated rings. The first-order chi connectivity index (χ1) is 15.0. The van der Waals surface area contributed by atoms with Crippen molar-refractivity contribution in [3.05, 3.63) is 41.2 Å². The van der Waals surface area contributed by atoms with Crippen molar-refractivity contribution >= 4 is 17.7 Å². The molecule has 3 aliphatic heterocycles. The van der Waals surface area contributed by atoms with Crippen molar-refractivity contribution in [1.82, 2.24) is 25.2 Å². The number of imide groups is 1. The number of nitrogens with two attached hydrogens (primary N) is 1. The van der Waals surface area contributed by atoms with Crippen molar-refractivity contribution in [1.29, 1.82) is 0 Å². The van der Waals surface area contributed by atoms with Gasteiger partial charge in [-0.2, -0.15) is 0 Å². The molecule has 3 amide bonds. The van der Waals surface area contributed by atoms with Crippen molar-refractivity contribution in [3.8, 4) is 5.69 Å². The van der Waals surface area contributed by atoms with Gasteiger partial charge in [-0.3, -0.25) is 19.7 Å². The van der Waals surface area contributed by atoms with Crippen LogP contribution in [0.15, 0.2) is 24.4 Å². The Bertz CT molecular complexity index is 1040. The molecule has 2 atom stereocenters. The number of hydrogen-bond donors (Lipinski definition) is 2. The van der Waals surface area contributed by atoms with E-state index >= 15 is 0 Å². The summed E-state index contributed by atoms with van der Waals surface area (Å²) in [5.41, 5.74) is 9.20. The fourth-order valence-electron chi connectivity index (χ4n) is 4.56. The summed E-state index contributed by atoms with van der Waals surface area (Å²) < 4.78 is 7.02. The van der Waals surface area contributed by atoms with Crippen LogP contribution < -0.4 is 11.1 Å². The molecule has 4 heterocycles. The van der Waals surface area contributed by atoms with Crippen LogP contribution in [0.4, 0.5) is 0 Å². The van der Waals surface area contributed by atoms with Gasteiger partial charge in [0.05, 0.1) is 17.9 Å². The highest BCUT2D eigenvalue weighted by molar-refractivity contribution is 6.05. The number of amides is 3. The Morgan fingerprint density at radius 1 is 1.16 bits per heavy atom. The van der Waals surface area contributed by atoms with Crippen LogP contribution in [-0.4, -0.2) is 56.9 Å². The summed E-state index contributed by atoms with van der Waals surface area (Å²) in [6, 6.07) is 4.67. The Hall–Kier alpha value is -3.11. The summed E-state index contributed by atoms with van der Waals surface area (Å²) in [4.78, 5) is 38.2. The zero-order valence-corrected chi connectivity index (χ0v) is 17.0. The number of piperidine rings is 1. The third-order valence-electron chi connectivity index (χ3n) is 6.40. The molecule has 2 aromatic rings. The van der Waals surface area contributed by atoms with Gasteiger partial charge in [-0.05, 0) is 42.9 Å². The van der Waals surface area contributed by atoms with Crippen molar-refractivity contribution < 1.29 is 19.1 Å². The molecule has 1 aromatic heterocycles. The van der Waals surface area contributed by atoms with Gasteiger partial charge in [0.15, 0.2) is 0 Å². The smallest absolute Gasteiger partial charge is 0.255 e. The van der Waals surface area contributed by atoms with E-state index in [1.807, 2.05) is 12.1 Å². The summed E-state index contributed by atoms with van der Waals surface area (Å²) >= 11 is 0. The minimum absolute atomic E-state index is 0.211. The van der Waals surface area contributed by atoms with Crippen LogP contribution in [-0.2, 0) is 20.9 Å². The number of carbonyl (C=O) groups is 3. The van der Waals surface area contributed by atoms with Crippen LogP contribution in [0.2, 0.25) is 0 Å². The largest absolute Gasteiger partial charge is 0.381 e. The Labute approximate surface area is 178 Å². The maximum atomic E-state index is 13.0. The lowest BCUT2D eigenvalue weighted by Crippen LogP contribution is -2.52. The zero-order chi connectivity index (χ0) is 21.5. The molecule has 0 aliphatic carbocycles. The van der Waals surface area contributed by atoms with Gasteiger partial charge in [0.25, 0.3) is 5.91 Å². The first-order valence-corrected chi connectivity index (χ1v) is 10.5. The van der Waals surface area contributed by atoms with Gasteiger partial charge in [0, 0.05) is 31.7 Å². The normalized spacial score (nSPS) is 23.1. The van der Waals surface area contributed by atoms with Crippen molar-refractivity contribution in [2.45, 2.75) is 44.3 Å². The second kappa shape index (κ2) is 7.86. The van der Waals surface area contributed by atoms with Crippen molar-refractivity contribution in [2.75, 3.05) is 13.2 Å². The third-order valence-corrected chi connectivity index (χ3v) is 6.40. The number of nitrogens with zero attached hydrogens (tertiary/aromatic N) is 4. The van der Waals surface area contributed by atoms with Gasteiger partial charge in [-0.1, -0.05) is 11.3 Å². The quantitative estimate of drug-likeness (QED) is 0.681. The predicted octanol–water partition coefficient (Wildman–Crippen LogP) is 0.455. The van der Waals surface area contributed by atoms with Crippen LogP contribution in [0.25, 0.3) is 5.69 Å². The lowest BCUT2D eigenvalue weighted by atomic mass is 9.91. The summed E-state index contributed by atoms with van der Waals surface area (Å²) in [6.45, 7) is 1.77. The predicted molar refractivity (Wildman–Crippen MR) is 108 cm³/mol. The molecule has 5 rings (SSSR count). The molecule has 2 unspecified atom stereocenters. The van der Waals surface area contributed by atoms with E-state index < -0.39 is 11.9 Å². The fraction of sp³-hybridized carbons (Fsp3) is 0.476. The molecule has 1 aromatic carbocycles. The highest BCUT2D eigenvalue weighted by atomic mass is 16.5. The number of rotatable bonds is 4. The average Bonchev–Trinajstić information content (AvgIpc) is 3.39. The standard InChI is InChI=1S/C21H24N6O4/c22-19(12-5-7-31-8-6-12)16-11-27(25-24-16)14-2-1-13-10-26(21(30)15(13)9-14)17-3-4-18(28)23-20(17)29/h1-2,9,11-12,17,19H,3-8,10,22H2,(H,23,28,29). The maximum Gasteiger partial charge on any atom is 0.255 e. The highest BCUT2D eigenvalue weighted by Gasteiger charge is 2.39. The Morgan fingerprint density at radius 3 is 2.74 bits per heavy atom. The molecular formula is C21H24N6O4. The van der Waals surface area contributed by atoms with Crippen LogP contribution in [0, 0.1) is 5.92 Å². The van der Waals surface area contributed by atoms with Gasteiger partial charge in [0.1, 0.15) is 11.7 Å². The van der Waals surface area contributed by atoms with Gasteiger partial charge < -0.3 is 15.4 Å². The molecule has 162 valence electrons. The monoisotopic (exact) mass is 424 g/mol. The molecule has 10 nitrogen and oxygen atoms in total. The molecule has 2 saturated heterocycles.